The highest BCUT2D eigenvalue weighted by molar-refractivity contribution is 7.19. The Labute approximate surface area is 127 Å². The van der Waals surface area contributed by atoms with E-state index in [9.17, 15) is 4.79 Å². The number of ether oxygens (including phenoxy) is 2. The number of anilines is 1. The molecule has 0 aliphatic heterocycles. The summed E-state index contributed by atoms with van der Waals surface area (Å²) in [7, 11) is 1.58. The second-order valence-electron chi connectivity index (χ2n) is 4.24. The number of nitrogens with one attached hydrogen (secondary N) is 1. The molecule has 0 atom stereocenters. The lowest BCUT2D eigenvalue weighted by Gasteiger charge is -2.03. The van der Waals surface area contributed by atoms with Crippen LogP contribution in [0, 0.1) is 6.92 Å². The Kier molecular flexibility index (Phi) is 5.79. The molecule has 1 amide bonds. The maximum absolute atomic E-state index is 11.7. The maximum Gasteiger partial charge on any atom is 0.252 e. The lowest BCUT2D eigenvalue weighted by Crippen LogP contribution is -2.19. The average molecular weight is 307 g/mol. The predicted octanol–water partition coefficient (Wildman–Crippen LogP) is 2.12. The first kappa shape index (κ1) is 15.6. The molecule has 1 N–H and O–H groups in total. The molecule has 0 saturated carbocycles. The summed E-state index contributed by atoms with van der Waals surface area (Å²) >= 11 is 1.40. The monoisotopic (exact) mass is 307 g/mol. The smallest absolute Gasteiger partial charge is 0.252 e. The number of rotatable bonds is 7. The number of carbonyl (C=O) groups excluding carboxylic acids is 1. The zero-order chi connectivity index (χ0) is 15.1. The van der Waals surface area contributed by atoms with Crippen LogP contribution in [0.3, 0.4) is 0 Å². The van der Waals surface area contributed by atoms with Gasteiger partial charge in [0.25, 0.3) is 5.91 Å². The van der Waals surface area contributed by atoms with Crippen molar-refractivity contribution in [3.05, 3.63) is 30.1 Å². The average Bonchev–Trinajstić information content (AvgIpc) is 2.85. The Hall–Kier alpha value is -1.83. The van der Waals surface area contributed by atoms with Crippen molar-refractivity contribution in [2.24, 2.45) is 0 Å². The Morgan fingerprint density at radius 3 is 2.95 bits per heavy atom. The van der Waals surface area contributed by atoms with Gasteiger partial charge in [-0.2, -0.15) is 0 Å². The molecule has 21 heavy (non-hydrogen) atoms. The van der Waals surface area contributed by atoms with Crippen LogP contribution in [0.5, 0.6) is 0 Å². The number of aryl methyl sites for hydroxylation is 1. The zero-order valence-electron chi connectivity index (χ0n) is 12.0. The number of aromatic nitrogens is 2. The molecule has 0 saturated heterocycles. The lowest BCUT2D eigenvalue weighted by atomic mass is 10.3. The molecule has 2 aromatic heterocycles. The number of pyridine rings is 1. The molecule has 2 heterocycles. The van der Waals surface area contributed by atoms with Gasteiger partial charge in [0.2, 0.25) is 0 Å². The summed E-state index contributed by atoms with van der Waals surface area (Å²) in [5.74, 6) is -0.229. The van der Waals surface area contributed by atoms with E-state index < -0.39 is 0 Å². The fraction of sp³-hybridized carbons (Fsp3) is 0.357. The Morgan fingerprint density at radius 1 is 1.38 bits per heavy atom. The van der Waals surface area contributed by atoms with Crippen LogP contribution in [0.15, 0.2) is 24.4 Å². The van der Waals surface area contributed by atoms with Crippen LogP contribution in [-0.2, 0) is 14.3 Å². The summed E-state index contributed by atoms with van der Waals surface area (Å²) in [6, 6.07) is 5.70. The highest BCUT2D eigenvalue weighted by Gasteiger charge is 2.12. The van der Waals surface area contributed by atoms with Crippen molar-refractivity contribution in [2.75, 3.05) is 32.2 Å². The molecule has 0 aliphatic carbocycles. The molecule has 0 bridgehead atoms. The van der Waals surface area contributed by atoms with Gasteiger partial charge in [0.1, 0.15) is 6.61 Å². The van der Waals surface area contributed by atoms with Gasteiger partial charge in [0.15, 0.2) is 5.13 Å². The summed E-state index contributed by atoms with van der Waals surface area (Å²) in [5.41, 5.74) is 1.69. The van der Waals surface area contributed by atoms with E-state index in [2.05, 4.69) is 15.3 Å². The van der Waals surface area contributed by atoms with Gasteiger partial charge < -0.3 is 9.47 Å². The minimum absolute atomic E-state index is 0.0130. The van der Waals surface area contributed by atoms with Crippen molar-refractivity contribution < 1.29 is 14.3 Å². The first-order valence-corrected chi connectivity index (χ1v) is 7.27. The molecule has 0 spiro atoms. The SMILES string of the molecule is COCCOCC(=O)Nc1nc(C)c(-c2ccccn2)s1. The van der Waals surface area contributed by atoms with Gasteiger partial charge in [-0.15, -0.1) is 0 Å². The van der Waals surface area contributed by atoms with Crippen LogP contribution in [0.25, 0.3) is 10.6 Å². The number of carbonyl (C=O) groups is 1. The van der Waals surface area contributed by atoms with E-state index in [0.717, 1.165) is 16.3 Å². The van der Waals surface area contributed by atoms with Gasteiger partial charge in [-0.25, -0.2) is 4.98 Å². The van der Waals surface area contributed by atoms with E-state index in [0.29, 0.717) is 18.3 Å². The second kappa shape index (κ2) is 7.82. The van der Waals surface area contributed by atoms with Crippen LogP contribution < -0.4 is 5.32 Å². The van der Waals surface area contributed by atoms with Crippen LogP contribution >= 0.6 is 11.3 Å². The Balaban J connectivity index is 1.95. The fourth-order valence-electron chi connectivity index (χ4n) is 1.65. The number of thiazole rings is 1. The molecule has 2 rings (SSSR count). The molecule has 0 aliphatic rings. The second-order valence-corrected chi connectivity index (χ2v) is 5.24. The van der Waals surface area contributed by atoms with E-state index in [4.69, 9.17) is 9.47 Å². The Bertz CT molecular complexity index is 586. The van der Waals surface area contributed by atoms with Crippen LogP contribution in [0.1, 0.15) is 5.69 Å². The number of nitrogens with zero attached hydrogens (tertiary/aromatic N) is 2. The quantitative estimate of drug-likeness (QED) is 0.793. The molecule has 0 aromatic carbocycles. The topological polar surface area (TPSA) is 73.3 Å². The van der Waals surface area contributed by atoms with E-state index in [1.54, 1.807) is 13.3 Å². The third-order valence-corrected chi connectivity index (χ3v) is 3.70. The van der Waals surface area contributed by atoms with E-state index >= 15 is 0 Å². The highest BCUT2D eigenvalue weighted by atomic mass is 32.1. The number of hydrogen-bond acceptors (Lipinski definition) is 6. The maximum atomic E-state index is 11.7. The van der Waals surface area contributed by atoms with E-state index in [-0.39, 0.29) is 12.5 Å². The predicted molar refractivity (Wildman–Crippen MR) is 81.4 cm³/mol. The van der Waals surface area contributed by atoms with Gasteiger partial charge >= 0.3 is 0 Å². The molecule has 0 fully saturated rings. The standard InChI is InChI=1S/C14H17N3O3S/c1-10-13(11-5-3-4-6-15-11)21-14(16-10)17-12(18)9-20-8-7-19-2/h3-6H,7-9H2,1-2H3,(H,16,17,18). The number of amides is 1. The minimum atomic E-state index is -0.229. The summed E-state index contributed by atoms with van der Waals surface area (Å²) in [5, 5.41) is 3.27. The Morgan fingerprint density at radius 2 is 2.24 bits per heavy atom. The summed E-state index contributed by atoms with van der Waals surface area (Å²) < 4.78 is 9.99. The van der Waals surface area contributed by atoms with Crippen LogP contribution in [-0.4, -0.2) is 42.8 Å². The molecule has 112 valence electrons. The molecule has 2 aromatic rings. The van der Waals surface area contributed by atoms with E-state index in [1.165, 1.54) is 11.3 Å². The highest BCUT2D eigenvalue weighted by Crippen LogP contribution is 2.31. The largest absolute Gasteiger partial charge is 0.382 e. The van der Waals surface area contributed by atoms with Crippen molar-refractivity contribution in [3.8, 4) is 10.6 Å². The molecular formula is C14H17N3O3S. The summed E-state index contributed by atoms with van der Waals surface area (Å²) in [6.07, 6.45) is 1.73. The molecule has 0 unspecified atom stereocenters. The van der Waals surface area contributed by atoms with E-state index in [1.807, 2.05) is 25.1 Å². The van der Waals surface area contributed by atoms with Gasteiger partial charge in [0, 0.05) is 13.3 Å². The molecular weight excluding hydrogens is 290 g/mol. The normalized spacial score (nSPS) is 10.6. The lowest BCUT2D eigenvalue weighted by molar-refractivity contribution is -0.121. The zero-order valence-corrected chi connectivity index (χ0v) is 12.8. The number of methoxy groups -OCH3 is 1. The van der Waals surface area contributed by atoms with Gasteiger partial charge in [-0.1, -0.05) is 17.4 Å². The summed E-state index contributed by atoms with van der Waals surface area (Å²) in [6.45, 7) is 2.74. The van der Waals surface area contributed by atoms with Crippen molar-refractivity contribution in [3.63, 3.8) is 0 Å². The molecule has 7 heteroatoms. The molecule has 0 radical (unpaired) electrons. The first-order chi connectivity index (χ1) is 10.2. The summed E-state index contributed by atoms with van der Waals surface area (Å²) in [4.78, 5) is 21.3. The first-order valence-electron chi connectivity index (χ1n) is 6.46. The third-order valence-electron chi connectivity index (χ3n) is 2.61. The van der Waals surface area contributed by atoms with Crippen molar-refractivity contribution in [1.29, 1.82) is 0 Å². The third kappa shape index (κ3) is 4.59. The number of hydrogen-bond donors (Lipinski definition) is 1. The van der Waals surface area contributed by atoms with Crippen molar-refractivity contribution in [1.82, 2.24) is 9.97 Å². The fourth-order valence-corrected chi connectivity index (χ4v) is 2.61. The van der Waals surface area contributed by atoms with Crippen molar-refractivity contribution >= 4 is 22.4 Å². The van der Waals surface area contributed by atoms with Gasteiger partial charge in [-0.3, -0.25) is 15.1 Å². The van der Waals surface area contributed by atoms with Crippen LogP contribution in [0.4, 0.5) is 5.13 Å². The van der Waals surface area contributed by atoms with Gasteiger partial charge in [0.05, 0.1) is 29.5 Å². The van der Waals surface area contributed by atoms with Crippen LogP contribution in [0.2, 0.25) is 0 Å². The molecule has 6 nitrogen and oxygen atoms in total. The van der Waals surface area contributed by atoms with Crippen molar-refractivity contribution in [2.45, 2.75) is 6.92 Å². The van der Waals surface area contributed by atoms with Gasteiger partial charge in [-0.05, 0) is 19.1 Å². The minimum Gasteiger partial charge on any atom is -0.382 e.